The molecule has 4 aliphatic carbocycles. The monoisotopic (exact) mass is 764 g/mol. The predicted octanol–water partition coefficient (Wildman–Crippen LogP) is 14.3. The molecule has 0 bridgehead atoms. The van der Waals surface area contributed by atoms with Crippen LogP contribution in [-0.4, -0.2) is 9.97 Å². The summed E-state index contributed by atoms with van der Waals surface area (Å²) in [5.41, 5.74) is 16.3. The van der Waals surface area contributed by atoms with E-state index in [1.165, 1.54) is 50.9 Å². The maximum absolute atomic E-state index is 5.21. The van der Waals surface area contributed by atoms with Crippen LogP contribution in [-0.2, 0) is 12.8 Å². The van der Waals surface area contributed by atoms with E-state index in [-0.39, 0.29) is 5.92 Å². The number of hydrogen-bond donors (Lipinski definition) is 0. The minimum atomic E-state index is 0.0940. The molecule has 0 N–H and O–H groups in total. The molecule has 0 saturated heterocycles. The molecular formula is C57H52N2. The Balaban J connectivity index is 0.934. The molecule has 1 heterocycles. The van der Waals surface area contributed by atoms with Crippen LogP contribution in [0.3, 0.4) is 0 Å². The number of benzene rings is 5. The van der Waals surface area contributed by atoms with Crippen molar-refractivity contribution >= 4 is 11.1 Å². The van der Waals surface area contributed by atoms with Crippen LogP contribution in [0.2, 0.25) is 0 Å². The molecule has 0 radical (unpaired) electrons. The van der Waals surface area contributed by atoms with Crippen LogP contribution in [0, 0.1) is 23.7 Å². The maximum Gasteiger partial charge on any atom is 0.136 e. The number of aromatic nitrogens is 2. The summed E-state index contributed by atoms with van der Waals surface area (Å²) in [6.45, 7) is 4.64. The van der Waals surface area contributed by atoms with Crippen molar-refractivity contribution in [1.29, 1.82) is 0 Å². The van der Waals surface area contributed by atoms with Crippen LogP contribution in [0.25, 0.3) is 44.7 Å². The Morgan fingerprint density at radius 1 is 0.559 bits per heavy atom. The predicted molar refractivity (Wildman–Crippen MR) is 247 cm³/mol. The van der Waals surface area contributed by atoms with Gasteiger partial charge in [0.15, 0.2) is 0 Å². The van der Waals surface area contributed by atoms with E-state index in [1.807, 2.05) is 0 Å². The second kappa shape index (κ2) is 16.3. The van der Waals surface area contributed by atoms with Crippen molar-refractivity contribution in [2.24, 2.45) is 23.7 Å². The van der Waals surface area contributed by atoms with Crippen LogP contribution in [0.5, 0.6) is 0 Å². The van der Waals surface area contributed by atoms with E-state index >= 15 is 0 Å². The molecular weight excluding hydrogens is 713 g/mol. The lowest BCUT2D eigenvalue weighted by atomic mass is 9.63. The second-order valence-corrected chi connectivity index (χ2v) is 17.5. The molecule has 2 nitrogen and oxygen atoms in total. The zero-order valence-corrected chi connectivity index (χ0v) is 34.2. The molecule has 0 aliphatic heterocycles. The van der Waals surface area contributed by atoms with Gasteiger partial charge in [0.1, 0.15) is 5.82 Å². The minimum Gasteiger partial charge on any atom is -0.232 e. The summed E-state index contributed by atoms with van der Waals surface area (Å²) in [7, 11) is 0. The molecule has 5 aromatic carbocycles. The minimum absolute atomic E-state index is 0.0940. The van der Waals surface area contributed by atoms with E-state index in [0.717, 1.165) is 48.5 Å². The summed E-state index contributed by atoms with van der Waals surface area (Å²) in [5.74, 6) is 3.97. The fourth-order valence-corrected chi connectivity index (χ4v) is 10.1. The normalized spacial score (nSPS) is 23.2. The lowest BCUT2D eigenvalue weighted by Crippen LogP contribution is -2.32. The summed E-state index contributed by atoms with van der Waals surface area (Å²) in [6, 6.07) is 49.3. The summed E-state index contributed by atoms with van der Waals surface area (Å²) in [4.78, 5) is 10.4. The lowest BCUT2D eigenvalue weighted by Gasteiger charge is -2.41. The molecule has 4 aliphatic rings. The van der Waals surface area contributed by atoms with Gasteiger partial charge in [0.05, 0.1) is 11.4 Å². The summed E-state index contributed by atoms with van der Waals surface area (Å²) < 4.78 is 0. The Morgan fingerprint density at radius 3 is 2.00 bits per heavy atom. The van der Waals surface area contributed by atoms with Crippen molar-refractivity contribution in [3.05, 3.63) is 216 Å². The van der Waals surface area contributed by atoms with Gasteiger partial charge in [0.25, 0.3) is 0 Å². The van der Waals surface area contributed by atoms with E-state index in [0.29, 0.717) is 29.6 Å². The van der Waals surface area contributed by atoms with Crippen LogP contribution in [0.1, 0.15) is 78.7 Å². The number of rotatable bonds is 8. The highest BCUT2D eigenvalue weighted by Gasteiger charge is 2.37. The standard InChI is InChI=1S/C57H52N2/c1-38-12-11-18-47(30-38)56-37-55(44-15-7-4-8-16-44)58-57(59-56)45-27-25-43(26-28-45)50-35-48(41-13-5-3-6-14-41)34-49(36-50)42-23-21-40(22-24-42)32-51-33-46-17-9-10-19-52(46)54-31-39(2)20-29-53(51)54/h3-11,13-27,29-30,34-39,45,51,53-54H,12,28,31-33H2,1-2H3. The molecule has 2 heteroatoms. The zero-order valence-electron chi connectivity index (χ0n) is 34.2. The molecule has 0 spiro atoms. The van der Waals surface area contributed by atoms with Crippen molar-refractivity contribution < 1.29 is 0 Å². The van der Waals surface area contributed by atoms with E-state index in [1.54, 1.807) is 11.1 Å². The third-order valence-corrected chi connectivity index (χ3v) is 13.2. The SMILES string of the molecule is CC1C=C(c2cc(-c3ccccc3)nc(C3C=CC(c4cc(-c5ccccc5)cc(-c5ccc(CC6Cc7ccccc7C7CC(C)C=CC67)cc5)c4)=CC3)n2)C=CC1. The van der Waals surface area contributed by atoms with E-state index in [4.69, 9.17) is 9.97 Å². The fraction of sp³-hybridized carbons (Fsp3) is 0.228. The average Bonchev–Trinajstić information content (AvgIpc) is 3.29. The highest BCUT2D eigenvalue weighted by atomic mass is 14.9. The van der Waals surface area contributed by atoms with E-state index in [9.17, 15) is 0 Å². The number of nitrogens with zero attached hydrogens (tertiary/aromatic N) is 2. The summed E-state index contributed by atoms with van der Waals surface area (Å²) in [5, 5.41) is 0. The first-order valence-electron chi connectivity index (χ1n) is 21.8. The van der Waals surface area contributed by atoms with Gasteiger partial charge < -0.3 is 0 Å². The smallest absolute Gasteiger partial charge is 0.136 e. The highest BCUT2D eigenvalue weighted by molar-refractivity contribution is 5.84. The quantitative estimate of drug-likeness (QED) is 0.144. The third kappa shape index (κ3) is 7.89. The van der Waals surface area contributed by atoms with Gasteiger partial charge in [-0.05, 0) is 142 Å². The average molecular weight is 765 g/mol. The molecule has 1 aromatic heterocycles. The van der Waals surface area contributed by atoms with Crippen LogP contribution in [0.4, 0.5) is 0 Å². The van der Waals surface area contributed by atoms with Crippen molar-refractivity contribution in [3.8, 4) is 33.5 Å². The van der Waals surface area contributed by atoms with E-state index in [2.05, 4.69) is 196 Å². The highest BCUT2D eigenvalue weighted by Crippen LogP contribution is 2.47. The van der Waals surface area contributed by atoms with Gasteiger partial charge in [-0.1, -0.05) is 172 Å². The zero-order chi connectivity index (χ0) is 39.7. The Morgan fingerprint density at radius 2 is 1.25 bits per heavy atom. The van der Waals surface area contributed by atoms with Gasteiger partial charge in [-0.15, -0.1) is 0 Å². The van der Waals surface area contributed by atoms with Gasteiger partial charge in [0, 0.05) is 11.5 Å². The molecule has 0 fully saturated rings. The van der Waals surface area contributed by atoms with E-state index < -0.39 is 0 Å². The largest absolute Gasteiger partial charge is 0.232 e. The Labute approximate surface area is 350 Å². The van der Waals surface area contributed by atoms with Crippen LogP contribution >= 0.6 is 0 Å². The molecule has 290 valence electrons. The first-order chi connectivity index (χ1) is 29.0. The molecule has 0 amide bonds. The summed E-state index contributed by atoms with van der Waals surface area (Å²) in [6.07, 6.45) is 24.3. The van der Waals surface area contributed by atoms with Gasteiger partial charge in [-0.25, -0.2) is 9.97 Å². The number of fused-ring (bicyclic) bond motifs is 3. The maximum atomic E-state index is 5.21. The topological polar surface area (TPSA) is 25.8 Å². The Kier molecular flexibility index (Phi) is 10.2. The van der Waals surface area contributed by atoms with Crippen molar-refractivity contribution in [1.82, 2.24) is 9.97 Å². The molecule has 10 rings (SSSR count). The Bertz CT molecular complexity index is 2620. The van der Waals surface area contributed by atoms with Gasteiger partial charge in [-0.3, -0.25) is 0 Å². The summed E-state index contributed by atoms with van der Waals surface area (Å²) >= 11 is 0. The third-order valence-electron chi connectivity index (χ3n) is 13.2. The molecule has 59 heavy (non-hydrogen) atoms. The van der Waals surface area contributed by atoms with Crippen LogP contribution in [0.15, 0.2) is 182 Å². The number of allylic oxidation sites excluding steroid dienone is 10. The second-order valence-electron chi connectivity index (χ2n) is 17.5. The van der Waals surface area contributed by atoms with Crippen molar-refractivity contribution in [3.63, 3.8) is 0 Å². The molecule has 6 aromatic rings. The first kappa shape index (κ1) is 37.2. The van der Waals surface area contributed by atoms with Gasteiger partial charge >= 0.3 is 0 Å². The Hall–Kier alpha value is -6.12. The lowest BCUT2D eigenvalue weighted by molar-refractivity contribution is 0.272. The van der Waals surface area contributed by atoms with Crippen molar-refractivity contribution in [2.75, 3.05) is 0 Å². The molecule has 6 unspecified atom stereocenters. The fourth-order valence-electron chi connectivity index (χ4n) is 10.1. The van der Waals surface area contributed by atoms with Crippen molar-refractivity contribution in [2.45, 2.75) is 57.8 Å². The first-order valence-corrected chi connectivity index (χ1v) is 21.8. The molecule has 6 atom stereocenters. The molecule has 0 saturated carbocycles. The van der Waals surface area contributed by atoms with Gasteiger partial charge in [-0.2, -0.15) is 0 Å². The number of hydrogen-bond acceptors (Lipinski definition) is 2. The van der Waals surface area contributed by atoms with Gasteiger partial charge in [0.2, 0.25) is 0 Å². The van der Waals surface area contributed by atoms with Crippen LogP contribution < -0.4 is 0 Å².